The van der Waals surface area contributed by atoms with Gasteiger partial charge >= 0.3 is 6.03 Å². The molecule has 1 saturated heterocycles. The molecule has 1 spiro atoms. The number of carbonyl (C=O) groups excluding carboxylic acids is 3. The number of amides is 4. The Labute approximate surface area is 120 Å². The van der Waals surface area contributed by atoms with E-state index in [1.807, 2.05) is 13.8 Å². The summed E-state index contributed by atoms with van der Waals surface area (Å²) in [6, 6.07) is 3.07. The average Bonchev–Trinajstić information content (AvgIpc) is 2.80. The maximum atomic E-state index is 13.6. The second-order valence-corrected chi connectivity index (χ2v) is 5.62. The summed E-state index contributed by atoms with van der Waals surface area (Å²) in [5, 5.41) is 4.71. The number of anilines is 1. The lowest BCUT2D eigenvalue weighted by atomic mass is 9.89. The molecule has 6 nitrogen and oxygen atoms in total. The van der Waals surface area contributed by atoms with Crippen LogP contribution >= 0.6 is 0 Å². The van der Waals surface area contributed by atoms with Crippen LogP contribution in [0, 0.1) is 11.7 Å². The lowest BCUT2D eigenvalue weighted by molar-refractivity contribution is -0.137. The zero-order valence-corrected chi connectivity index (χ0v) is 11.6. The van der Waals surface area contributed by atoms with Crippen molar-refractivity contribution in [3.05, 3.63) is 29.6 Å². The molecule has 1 aromatic carbocycles. The average molecular weight is 291 g/mol. The van der Waals surface area contributed by atoms with E-state index in [-0.39, 0.29) is 18.0 Å². The van der Waals surface area contributed by atoms with Crippen LogP contribution in [0.5, 0.6) is 0 Å². The van der Waals surface area contributed by atoms with E-state index in [4.69, 9.17) is 0 Å². The minimum Gasteiger partial charge on any atom is -0.323 e. The van der Waals surface area contributed by atoms with Gasteiger partial charge in [-0.05, 0) is 24.1 Å². The van der Waals surface area contributed by atoms with Gasteiger partial charge in [0.2, 0.25) is 5.54 Å². The highest BCUT2D eigenvalue weighted by molar-refractivity contribution is 6.26. The van der Waals surface area contributed by atoms with E-state index < -0.39 is 29.2 Å². The number of carbonyl (C=O) groups is 3. The zero-order valence-electron chi connectivity index (χ0n) is 11.6. The summed E-state index contributed by atoms with van der Waals surface area (Å²) in [6.45, 7) is 3.94. The molecule has 1 aromatic rings. The Morgan fingerprint density at radius 1 is 1.19 bits per heavy atom. The first-order valence-corrected chi connectivity index (χ1v) is 6.62. The first kappa shape index (κ1) is 13.5. The number of fused-ring (bicyclic) bond motifs is 2. The lowest BCUT2D eigenvalue weighted by Gasteiger charge is -2.31. The smallest absolute Gasteiger partial charge is 0.323 e. The van der Waals surface area contributed by atoms with Crippen molar-refractivity contribution in [3.8, 4) is 0 Å². The summed E-state index contributed by atoms with van der Waals surface area (Å²) in [7, 11) is 0. The van der Waals surface area contributed by atoms with Crippen molar-refractivity contribution in [2.75, 3.05) is 11.9 Å². The van der Waals surface area contributed by atoms with Gasteiger partial charge in [0.05, 0.1) is 0 Å². The van der Waals surface area contributed by atoms with Gasteiger partial charge in [0.25, 0.3) is 11.8 Å². The number of halogens is 1. The van der Waals surface area contributed by atoms with E-state index >= 15 is 0 Å². The number of hydrogen-bond acceptors (Lipinski definition) is 3. The minimum atomic E-state index is -1.81. The zero-order chi connectivity index (χ0) is 15.4. The molecule has 110 valence electrons. The van der Waals surface area contributed by atoms with Crippen LogP contribution in [0.4, 0.5) is 14.9 Å². The van der Waals surface area contributed by atoms with Gasteiger partial charge in [-0.1, -0.05) is 13.8 Å². The normalized spacial score (nSPS) is 23.8. The molecule has 2 aliphatic rings. The van der Waals surface area contributed by atoms with Gasteiger partial charge < -0.3 is 5.32 Å². The van der Waals surface area contributed by atoms with Gasteiger partial charge in [-0.2, -0.15) is 0 Å². The summed E-state index contributed by atoms with van der Waals surface area (Å²) < 4.78 is 13.6. The third-order valence-electron chi connectivity index (χ3n) is 3.70. The quantitative estimate of drug-likeness (QED) is 0.634. The van der Waals surface area contributed by atoms with Crippen LogP contribution in [-0.2, 0) is 15.1 Å². The minimum absolute atomic E-state index is 0.0453. The van der Waals surface area contributed by atoms with Crippen molar-refractivity contribution in [2.24, 2.45) is 5.92 Å². The Balaban J connectivity index is 2.22. The van der Waals surface area contributed by atoms with Crippen LogP contribution in [-0.4, -0.2) is 29.3 Å². The van der Waals surface area contributed by atoms with Gasteiger partial charge in [0.1, 0.15) is 5.82 Å². The molecule has 0 bridgehead atoms. The molecule has 0 unspecified atom stereocenters. The van der Waals surface area contributed by atoms with Crippen LogP contribution in [0.15, 0.2) is 18.2 Å². The Morgan fingerprint density at radius 2 is 1.86 bits per heavy atom. The molecule has 7 heteroatoms. The fraction of sp³-hybridized carbons (Fsp3) is 0.357. The molecule has 2 N–H and O–H groups in total. The van der Waals surface area contributed by atoms with Crippen molar-refractivity contribution in [1.29, 1.82) is 0 Å². The number of rotatable bonds is 2. The maximum absolute atomic E-state index is 13.6. The molecule has 21 heavy (non-hydrogen) atoms. The molecule has 0 saturated carbocycles. The van der Waals surface area contributed by atoms with Crippen LogP contribution in [0.3, 0.4) is 0 Å². The second kappa shape index (κ2) is 4.28. The number of nitrogens with one attached hydrogen (secondary N) is 2. The summed E-state index contributed by atoms with van der Waals surface area (Å²) >= 11 is 0. The Bertz CT molecular complexity index is 673. The summed E-state index contributed by atoms with van der Waals surface area (Å²) in [5.41, 5.74) is -1.28. The molecule has 0 aromatic heterocycles. The van der Waals surface area contributed by atoms with Gasteiger partial charge in [-0.3, -0.25) is 19.8 Å². The van der Waals surface area contributed by atoms with Crippen molar-refractivity contribution >= 4 is 23.5 Å². The second-order valence-electron chi connectivity index (χ2n) is 5.62. The monoisotopic (exact) mass is 291 g/mol. The number of hydrogen-bond donors (Lipinski definition) is 2. The molecular weight excluding hydrogens is 277 g/mol. The molecular formula is C14H14FN3O3. The van der Waals surface area contributed by atoms with Crippen molar-refractivity contribution in [3.63, 3.8) is 0 Å². The van der Waals surface area contributed by atoms with Crippen LogP contribution in [0.1, 0.15) is 19.4 Å². The van der Waals surface area contributed by atoms with Crippen molar-refractivity contribution < 1.29 is 18.8 Å². The third-order valence-corrected chi connectivity index (χ3v) is 3.70. The number of urea groups is 1. The summed E-state index contributed by atoms with van der Waals surface area (Å²) in [6.07, 6.45) is 0. The van der Waals surface area contributed by atoms with E-state index in [9.17, 15) is 18.8 Å². The fourth-order valence-corrected chi connectivity index (χ4v) is 2.87. The Morgan fingerprint density at radius 3 is 2.52 bits per heavy atom. The largest absolute Gasteiger partial charge is 0.325 e. The molecule has 3 rings (SSSR count). The molecule has 1 atom stereocenters. The molecule has 4 amide bonds. The predicted octanol–water partition coefficient (Wildman–Crippen LogP) is 1.18. The molecule has 2 heterocycles. The van der Waals surface area contributed by atoms with Gasteiger partial charge in [-0.25, -0.2) is 9.18 Å². The number of imide groups is 1. The predicted molar refractivity (Wildman–Crippen MR) is 71.8 cm³/mol. The first-order chi connectivity index (χ1) is 9.87. The van der Waals surface area contributed by atoms with Gasteiger partial charge in [0, 0.05) is 17.8 Å². The van der Waals surface area contributed by atoms with E-state index in [0.717, 1.165) is 6.07 Å². The van der Waals surface area contributed by atoms with E-state index in [2.05, 4.69) is 10.6 Å². The highest BCUT2D eigenvalue weighted by Crippen LogP contribution is 2.43. The maximum Gasteiger partial charge on any atom is 0.325 e. The lowest BCUT2D eigenvalue weighted by Crippen LogP contribution is -2.53. The molecule has 2 aliphatic heterocycles. The van der Waals surface area contributed by atoms with Crippen LogP contribution < -0.4 is 10.6 Å². The highest BCUT2D eigenvalue weighted by Gasteiger charge is 2.63. The van der Waals surface area contributed by atoms with Gasteiger partial charge in [0.15, 0.2) is 0 Å². The SMILES string of the molecule is CC(C)CN1C(=O)NC(=O)[C@@]12C(=O)Nc1ccc(F)cc12. The molecule has 0 radical (unpaired) electrons. The van der Waals surface area contributed by atoms with E-state index in [0.29, 0.717) is 5.69 Å². The van der Waals surface area contributed by atoms with E-state index in [1.165, 1.54) is 17.0 Å². The molecule has 0 aliphatic carbocycles. The van der Waals surface area contributed by atoms with E-state index in [1.54, 1.807) is 0 Å². The number of benzene rings is 1. The van der Waals surface area contributed by atoms with Crippen LogP contribution in [0.25, 0.3) is 0 Å². The Kier molecular flexibility index (Phi) is 2.76. The topological polar surface area (TPSA) is 78.5 Å². The standard InChI is InChI=1S/C14H14FN3O3/c1-7(2)6-18-13(21)17-12(20)14(18)9-5-8(15)3-4-10(9)16-11(14)19/h3-5,7H,6H2,1-2H3,(H,16,19)(H,17,20,21)/t14-/m1/s1. The Hall–Kier alpha value is -2.44. The first-order valence-electron chi connectivity index (χ1n) is 6.62. The van der Waals surface area contributed by atoms with Crippen LogP contribution in [0.2, 0.25) is 0 Å². The third kappa shape index (κ3) is 1.66. The summed E-state index contributed by atoms with van der Waals surface area (Å²) in [5.74, 6) is -1.90. The number of nitrogens with zero attached hydrogens (tertiary/aromatic N) is 1. The van der Waals surface area contributed by atoms with Gasteiger partial charge in [-0.15, -0.1) is 0 Å². The highest BCUT2D eigenvalue weighted by atomic mass is 19.1. The molecule has 1 fully saturated rings. The van der Waals surface area contributed by atoms with Crippen molar-refractivity contribution in [1.82, 2.24) is 10.2 Å². The van der Waals surface area contributed by atoms with Crippen molar-refractivity contribution in [2.45, 2.75) is 19.4 Å². The fourth-order valence-electron chi connectivity index (χ4n) is 2.87. The summed E-state index contributed by atoms with van der Waals surface area (Å²) in [4.78, 5) is 38.0.